The number of benzene rings is 2. The number of carbonyl (C=O) groups excluding carboxylic acids is 1. The molecule has 0 aromatic heterocycles. The van der Waals surface area contributed by atoms with E-state index in [0.29, 0.717) is 24.7 Å². The first-order valence-corrected chi connectivity index (χ1v) is 8.39. The van der Waals surface area contributed by atoms with E-state index in [0.717, 1.165) is 11.6 Å². The van der Waals surface area contributed by atoms with Gasteiger partial charge in [0, 0.05) is 12.1 Å². The highest BCUT2D eigenvalue weighted by Gasteiger charge is 2.17. The maximum atomic E-state index is 13.9. The fourth-order valence-electron chi connectivity index (χ4n) is 2.34. The summed E-state index contributed by atoms with van der Waals surface area (Å²) in [4.78, 5) is 12.3. The summed E-state index contributed by atoms with van der Waals surface area (Å²) in [6, 6.07) is 8.91. The van der Waals surface area contributed by atoms with E-state index < -0.39 is 11.7 Å². The zero-order valence-corrected chi connectivity index (χ0v) is 15.6. The second-order valence-corrected chi connectivity index (χ2v) is 6.01. The van der Waals surface area contributed by atoms with Crippen LogP contribution >= 0.6 is 11.6 Å². The van der Waals surface area contributed by atoms with Crippen molar-refractivity contribution < 1.29 is 23.4 Å². The molecule has 0 spiro atoms. The Balaban J connectivity index is 2.10. The quantitative estimate of drug-likeness (QED) is 0.702. The highest BCUT2D eigenvalue weighted by atomic mass is 35.5. The molecular weight excluding hydrogens is 361 g/mol. The van der Waals surface area contributed by atoms with Gasteiger partial charge in [0.05, 0.1) is 25.3 Å². The molecule has 1 amide bonds. The lowest BCUT2D eigenvalue weighted by atomic mass is 10.1. The largest absolute Gasteiger partial charge is 0.493 e. The normalized spacial score (nSPS) is 11.7. The predicted molar refractivity (Wildman–Crippen MR) is 97.7 cm³/mol. The first-order valence-electron chi connectivity index (χ1n) is 8.01. The lowest BCUT2D eigenvalue weighted by molar-refractivity contribution is 0.0935. The van der Waals surface area contributed by atoms with Crippen molar-refractivity contribution in [2.24, 2.45) is 0 Å². The molecule has 26 heavy (non-hydrogen) atoms. The van der Waals surface area contributed by atoms with Gasteiger partial charge in [0.15, 0.2) is 11.5 Å². The fraction of sp³-hybridized carbons (Fsp3) is 0.316. The van der Waals surface area contributed by atoms with Crippen LogP contribution in [0.5, 0.6) is 11.5 Å². The summed E-state index contributed by atoms with van der Waals surface area (Å²) in [6.07, 6.45) is 0. The molecule has 0 fully saturated rings. The van der Waals surface area contributed by atoms with E-state index in [1.54, 1.807) is 26.2 Å². The summed E-state index contributed by atoms with van der Waals surface area (Å²) in [6.45, 7) is 2.66. The molecule has 0 aliphatic carbocycles. The number of rotatable bonds is 8. The van der Waals surface area contributed by atoms with Gasteiger partial charge in [-0.3, -0.25) is 4.79 Å². The Kier molecular flexibility index (Phi) is 7.24. The van der Waals surface area contributed by atoms with Gasteiger partial charge < -0.3 is 19.5 Å². The van der Waals surface area contributed by atoms with E-state index in [1.165, 1.54) is 19.2 Å². The highest BCUT2D eigenvalue weighted by molar-refractivity contribution is 6.30. The minimum atomic E-state index is -0.665. The van der Waals surface area contributed by atoms with E-state index in [2.05, 4.69) is 5.32 Å². The number of amides is 1. The lowest BCUT2D eigenvalue weighted by Gasteiger charge is -2.17. The van der Waals surface area contributed by atoms with Crippen LogP contribution in [0, 0.1) is 5.82 Å². The van der Waals surface area contributed by atoms with Crippen molar-refractivity contribution in [3.8, 4) is 11.5 Å². The van der Waals surface area contributed by atoms with Crippen molar-refractivity contribution in [3.63, 3.8) is 0 Å². The fourth-order valence-corrected chi connectivity index (χ4v) is 2.50. The molecule has 0 aliphatic rings. The van der Waals surface area contributed by atoms with Crippen LogP contribution in [0.1, 0.15) is 28.9 Å². The predicted octanol–water partition coefficient (Wildman–Crippen LogP) is 4.00. The Morgan fingerprint density at radius 2 is 1.92 bits per heavy atom. The molecule has 2 aromatic carbocycles. The van der Waals surface area contributed by atoms with Crippen molar-refractivity contribution in [3.05, 3.63) is 58.4 Å². The number of ether oxygens (including phenoxy) is 3. The molecule has 0 saturated heterocycles. The SMILES string of the molecule is COCCOc1ccc(C(C)NC(=O)c2ccc(Cl)cc2F)cc1OC. The van der Waals surface area contributed by atoms with Crippen molar-refractivity contribution in [1.82, 2.24) is 5.32 Å². The molecule has 1 unspecified atom stereocenters. The molecule has 1 N–H and O–H groups in total. The zero-order valence-electron chi connectivity index (χ0n) is 14.8. The van der Waals surface area contributed by atoms with Crippen LogP contribution in [0.15, 0.2) is 36.4 Å². The molecule has 0 aliphatic heterocycles. The molecule has 0 heterocycles. The van der Waals surface area contributed by atoms with Gasteiger partial charge in [-0.25, -0.2) is 4.39 Å². The third kappa shape index (κ3) is 5.09. The van der Waals surface area contributed by atoms with Crippen LogP contribution in [-0.2, 0) is 4.74 Å². The van der Waals surface area contributed by atoms with Crippen LogP contribution in [0.3, 0.4) is 0 Å². The van der Waals surface area contributed by atoms with Gasteiger partial charge in [-0.2, -0.15) is 0 Å². The first kappa shape index (κ1) is 20.0. The summed E-state index contributed by atoms with van der Waals surface area (Å²) in [5, 5.41) is 2.99. The lowest BCUT2D eigenvalue weighted by Crippen LogP contribution is -2.27. The Bertz CT molecular complexity index is 769. The Labute approximate surface area is 157 Å². The van der Waals surface area contributed by atoms with Gasteiger partial charge in [-0.15, -0.1) is 0 Å². The molecule has 1 atom stereocenters. The van der Waals surface area contributed by atoms with Crippen LogP contribution in [0.2, 0.25) is 5.02 Å². The molecule has 5 nitrogen and oxygen atoms in total. The number of halogens is 2. The summed E-state index contributed by atoms with van der Waals surface area (Å²) in [5.74, 6) is -0.0688. The number of nitrogens with one attached hydrogen (secondary N) is 1. The van der Waals surface area contributed by atoms with E-state index in [1.807, 2.05) is 6.07 Å². The van der Waals surface area contributed by atoms with Crippen LogP contribution in [0.25, 0.3) is 0 Å². The average Bonchev–Trinajstić information content (AvgIpc) is 2.61. The molecule has 140 valence electrons. The van der Waals surface area contributed by atoms with Crippen molar-refractivity contribution >= 4 is 17.5 Å². The van der Waals surface area contributed by atoms with Crippen LogP contribution < -0.4 is 14.8 Å². The number of carbonyl (C=O) groups is 1. The second-order valence-electron chi connectivity index (χ2n) is 5.57. The van der Waals surface area contributed by atoms with Gasteiger partial charge in [0.2, 0.25) is 0 Å². The Morgan fingerprint density at radius 3 is 2.58 bits per heavy atom. The van der Waals surface area contributed by atoms with E-state index in [9.17, 15) is 9.18 Å². The van der Waals surface area contributed by atoms with Crippen LogP contribution in [0.4, 0.5) is 4.39 Å². The number of hydrogen-bond donors (Lipinski definition) is 1. The summed E-state index contributed by atoms with van der Waals surface area (Å²) in [5.41, 5.74) is 0.733. The molecule has 0 radical (unpaired) electrons. The van der Waals surface area contributed by atoms with E-state index in [-0.39, 0.29) is 16.6 Å². The molecule has 0 saturated carbocycles. The summed E-state index contributed by atoms with van der Waals surface area (Å²) < 4.78 is 29.7. The summed E-state index contributed by atoms with van der Waals surface area (Å²) in [7, 11) is 3.13. The van der Waals surface area contributed by atoms with Crippen molar-refractivity contribution in [2.75, 3.05) is 27.4 Å². The Morgan fingerprint density at radius 1 is 1.15 bits per heavy atom. The van der Waals surface area contributed by atoms with E-state index >= 15 is 0 Å². The van der Waals surface area contributed by atoms with Crippen molar-refractivity contribution in [1.29, 1.82) is 0 Å². The number of hydrogen-bond acceptors (Lipinski definition) is 4. The molecular formula is C19H21ClFNO4. The smallest absolute Gasteiger partial charge is 0.254 e. The topological polar surface area (TPSA) is 56.8 Å². The molecule has 2 aromatic rings. The van der Waals surface area contributed by atoms with E-state index in [4.69, 9.17) is 25.8 Å². The average molecular weight is 382 g/mol. The van der Waals surface area contributed by atoms with Crippen LogP contribution in [-0.4, -0.2) is 33.3 Å². The van der Waals surface area contributed by atoms with Crippen molar-refractivity contribution in [2.45, 2.75) is 13.0 Å². The van der Waals surface area contributed by atoms with Gasteiger partial charge in [0.25, 0.3) is 5.91 Å². The third-order valence-corrected chi connectivity index (χ3v) is 3.99. The monoisotopic (exact) mass is 381 g/mol. The summed E-state index contributed by atoms with van der Waals surface area (Å²) >= 11 is 5.71. The third-order valence-electron chi connectivity index (χ3n) is 3.76. The molecule has 2 rings (SSSR count). The van der Waals surface area contributed by atoms with Gasteiger partial charge >= 0.3 is 0 Å². The van der Waals surface area contributed by atoms with Gasteiger partial charge in [-0.05, 0) is 42.8 Å². The molecule has 7 heteroatoms. The standard InChI is InChI=1S/C19H21ClFNO4/c1-12(22-19(23)15-6-5-14(20)11-16(15)21)13-4-7-17(18(10-13)25-3)26-9-8-24-2/h4-7,10-12H,8-9H2,1-3H3,(H,22,23). The van der Waals surface area contributed by atoms with Gasteiger partial charge in [0.1, 0.15) is 12.4 Å². The minimum Gasteiger partial charge on any atom is -0.493 e. The molecule has 0 bridgehead atoms. The maximum Gasteiger partial charge on any atom is 0.254 e. The number of methoxy groups -OCH3 is 2. The minimum absolute atomic E-state index is 0.0623. The maximum absolute atomic E-state index is 13.9. The first-order chi connectivity index (χ1) is 12.5. The highest BCUT2D eigenvalue weighted by Crippen LogP contribution is 2.30. The zero-order chi connectivity index (χ0) is 19.1. The second kappa shape index (κ2) is 9.40. The Hall–Kier alpha value is -2.31. The van der Waals surface area contributed by atoms with Gasteiger partial charge in [-0.1, -0.05) is 17.7 Å².